The van der Waals surface area contributed by atoms with Crippen LogP contribution >= 0.6 is 0 Å². The smallest absolute Gasteiger partial charge is 0.330 e. The van der Waals surface area contributed by atoms with Crippen molar-refractivity contribution in [1.82, 2.24) is 13.9 Å². The summed E-state index contributed by atoms with van der Waals surface area (Å²) in [6.45, 7) is 11.1. The number of ether oxygens (including phenoxy) is 2. The molecule has 0 aromatic carbocycles. The summed E-state index contributed by atoms with van der Waals surface area (Å²) in [5.41, 5.74) is -1.14. The maximum Gasteiger partial charge on any atom is 0.330 e. The number of methoxy groups -OCH3 is 1. The summed E-state index contributed by atoms with van der Waals surface area (Å²) in [6, 6.07) is 1.24. The lowest BCUT2D eigenvalue weighted by Gasteiger charge is -2.40. The van der Waals surface area contributed by atoms with Gasteiger partial charge in [0.2, 0.25) is 10.0 Å². The van der Waals surface area contributed by atoms with E-state index in [1.165, 1.54) is 28.2 Å². The molecule has 1 aromatic heterocycles. The highest BCUT2D eigenvalue weighted by molar-refractivity contribution is 7.89. The van der Waals surface area contributed by atoms with E-state index in [0.29, 0.717) is 13.0 Å². The van der Waals surface area contributed by atoms with E-state index in [4.69, 9.17) is 13.9 Å². The van der Waals surface area contributed by atoms with Gasteiger partial charge in [-0.3, -0.25) is 14.3 Å². The maximum absolute atomic E-state index is 12.4. The first-order valence-corrected chi connectivity index (χ1v) is 14.9. The third-order valence-electron chi connectivity index (χ3n) is 6.51. The fourth-order valence-corrected chi connectivity index (χ4v) is 6.57. The second kappa shape index (κ2) is 8.56. The molecule has 0 aliphatic carbocycles. The van der Waals surface area contributed by atoms with E-state index in [0.717, 1.165) is 0 Å². The Morgan fingerprint density at radius 2 is 1.94 bits per heavy atom. The number of hydrogen-bond donors (Lipinski definition) is 1. The number of nitrogens with one attached hydrogen (secondary N) is 1. The van der Waals surface area contributed by atoms with Gasteiger partial charge in [0.1, 0.15) is 18.3 Å². The van der Waals surface area contributed by atoms with Crippen LogP contribution in [0.1, 0.15) is 33.4 Å². The number of rotatable bonds is 6. The third kappa shape index (κ3) is 4.88. The van der Waals surface area contributed by atoms with Crippen LogP contribution in [0.15, 0.2) is 21.9 Å². The van der Waals surface area contributed by atoms with Crippen molar-refractivity contribution < 1.29 is 22.3 Å². The van der Waals surface area contributed by atoms with E-state index in [1.54, 1.807) is 0 Å². The summed E-state index contributed by atoms with van der Waals surface area (Å²) in [7, 11) is -4.12. The van der Waals surface area contributed by atoms with E-state index in [2.05, 4.69) is 38.8 Å². The van der Waals surface area contributed by atoms with Crippen molar-refractivity contribution in [2.45, 2.75) is 69.9 Å². The zero-order valence-corrected chi connectivity index (χ0v) is 20.8. The molecule has 0 amide bonds. The van der Waals surface area contributed by atoms with Crippen LogP contribution in [0.2, 0.25) is 18.1 Å². The minimum absolute atomic E-state index is 0.0948. The van der Waals surface area contributed by atoms with Crippen molar-refractivity contribution in [2.75, 3.05) is 26.0 Å². The minimum atomic E-state index is -3.34. The standard InChI is InChI=1S/C19H33N3O7SSi/c1-19(2,3)31(5,6)29-15-13(12-21-9-7-11-30(21,25)26)28-17(16(15)27-4)22-10-8-14(23)20-18(22)24/h8,10,13,15-17H,7,9,11-12H2,1-6H3,(H,20,23,24)/t13-,15?,16-,17-/m1/s1. The van der Waals surface area contributed by atoms with Gasteiger partial charge in [0.15, 0.2) is 14.5 Å². The van der Waals surface area contributed by atoms with E-state index in [-0.39, 0.29) is 17.3 Å². The van der Waals surface area contributed by atoms with Crippen LogP contribution in [0.5, 0.6) is 0 Å². The number of nitrogens with zero attached hydrogens (tertiary/aromatic N) is 2. The Balaban J connectivity index is 1.99. The van der Waals surface area contributed by atoms with Gasteiger partial charge in [-0.15, -0.1) is 0 Å². The van der Waals surface area contributed by atoms with Crippen molar-refractivity contribution in [1.29, 1.82) is 0 Å². The molecule has 3 rings (SSSR count). The zero-order chi connectivity index (χ0) is 23.2. The molecule has 0 spiro atoms. The molecule has 1 N–H and O–H groups in total. The SMILES string of the molecule is CO[C@@H]1C(O[Si](C)(C)C(C)(C)C)[C@@H](CN2CCCS2(=O)=O)O[C@H]1n1ccc(=O)[nH]c1=O. The molecule has 0 bridgehead atoms. The molecule has 0 saturated carbocycles. The maximum atomic E-state index is 12.4. The monoisotopic (exact) mass is 475 g/mol. The second-order valence-corrected chi connectivity index (χ2v) is 16.5. The van der Waals surface area contributed by atoms with Crippen molar-refractivity contribution in [3.8, 4) is 0 Å². The Morgan fingerprint density at radius 3 is 2.45 bits per heavy atom. The van der Waals surface area contributed by atoms with Crippen molar-refractivity contribution in [3.63, 3.8) is 0 Å². The molecule has 2 saturated heterocycles. The lowest BCUT2D eigenvalue weighted by atomic mass is 10.1. The van der Waals surface area contributed by atoms with E-state index >= 15 is 0 Å². The Morgan fingerprint density at radius 1 is 1.26 bits per heavy atom. The van der Waals surface area contributed by atoms with Gasteiger partial charge in [0.05, 0.1) is 5.75 Å². The molecule has 4 atom stereocenters. The van der Waals surface area contributed by atoms with Gasteiger partial charge >= 0.3 is 5.69 Å². The number of aromatic amines is 1. The average Bonchev–Trinajstić information content (AvgIpc) is 3.13. The molecular formula is C19H33N3O7SSi. The van der Waals surface area contributed by atoms with Crippen molar-refractivity contribution in [3.05, 3.63) is 33.1 Å². The van der Waals surface area contributed by atoms with E-state index < -0.39 is 54.1 Å². The summed E-state index contributed by atoms with van der Waals surface area (Å²) >= 11 is 0. The predicted octanol–water partition coefficient (Wildman–Crippen LogP) is 0.875. The van der Waals surface area contributed by atoms with Gasteiger partial charge in [-0.05, 0) is 24.6 Å². The Kier molecular flexibility index (Phi) is 6.72. The van der Waals surface area contributed by atoms with Gasteiger partial charge in [-0.1, -0.05) is 20.8 Å². The minimum Gasteiger partial charge on any atom is -0.408 e. The molecule has 3 heterocycles. The number of hydrogen-bond acceptors (Lipinski definition) is 7. The highest BCUT2D eigenvalue weighted by atomic mass is 32.2. The van der Waals surface area contributed by atoms with Gasteiger partial charge in [-0.2, -0.15) is 4.31 Å². The average molecular weight is 476 g/mol. The second-order valence-electron chi connectivity index (χ2n) is 9.65. The fourth-order valence-electron chi connectivity index (χ4n) is 3.71. The first-order valence-electron chi connectivity index (χ1n) is 10.4. The van der Waals surface area contributed by atoms with Gasteiger partial charge in [0.25, 0.3) is 5.56 Å². The predicted molar refractivity (Wildman–Crippen MR) is 118 cm³/mol. The van der Waals surface area contributed by atoms with Crippen molar-refractivity contribution >= 4 is 18.3 Å². The molecule has 12 heteroatoms. The van der Waals surface area contributed by atoms with E-state index in [1.807, 2.05) is 0 Å². The molecule has 31 heavy (non-hydrogen) atoms. The van der Waals surface area contributed by atoms with Crippen LogP contribution in [-0.2, 0) is 23.9 Å². The zero-order valence-electron chi connectivity index (χ0n) is 19.0. The first-order chi connectivity index (χ1) is 14.3. The quantitative estimate of drug-likeness (QED) is 0.606. The van der Waals surface area contributed by atoms with Gasteiger partial charge in [-0.25, -0.2) is 13.2 Å². The molecule has 2 fully saturated rings. The number of sulfonamides is 1. The summed E-state index contributed by atoms with van der Waals surface area (Å²) in [5, 5.41) is -0.0948. The van der Waals surface area contributed by atoms with Crippen LogP contribution in [0, 0.1) is 0 Å². The first kappa shape index (κ1) is 24.3. The molecule has 2 aliphatic heterocycles. The molecule has 2 aliphatic rings. The Hall–Kier alpha value is -1.31. The number of H-pyrrole nitrogens is 1. The molecule has 1 aromatic rings. The lowest BCUT2D eigenvalue weighted by molar-refractivity contribution is -0.0553. The van der Waals surface area contributed by atoms with Crippen LogP contribution < -0.4 is 11.2 Å². The van der Waals surface area contributed by atoms with Gasteiger partial charge < -0.3 is 13.9 Å². The summed E-state index contributed by atoms with van der Waals surface area (Å²) in [6.07, 6.45) is -0.802. The number of aromatic nitrogens is 2. The molecule has 1 unspecified atom stereocenters. The highest BCUT2D eigenvalue weighted by Gasteiger charge is 2.52. The normalized spacial score (nSPS) is 29.5. The van der Waals surface area contributed by atoms with Crippen molar-refractivity contribution in [2.24, 2.45) is 0 Å². The summed E-state index contributed by atoms with van der Waals surface area (Å²) in [5.74, 6) is 0.115. The highest BCUT2D eigenvalue weighted by Crippen LogP contribution is 2.42. The lowest BCUT2D eigenvalue weighted by Crippen LogP contribution is -2.51. The van der Waals surface area contributed by atoms with E-state index in [9.17, 15) is 18.0 Å². The Labute approximate surface area is 183 Å². The molecule has 176 valence electrons. The molecular weight excluding hydrogens is 442 g/mol. The summed E-state index contributed by atoms with van der Waals surface area (Å²) in [4.78, 5) is 26.2. The Bertz CT molecular complexity index is 1010. The summed E-state index contributed by atoms with van der Waals surface area (Å²) < 4.78 is 46.1. The topological polar surface area (TPSA) is 120 Å². The van der Waals surface area contributed by atoms with Crippen LogP contribution in [0.3, 0.4) is 0 Å². The van der Waals surface area contributed by atoms with Crippen LogP contribution in [-0.4, -0.2) is 74.9 Å². The fraction of sp³-hybridized carbons (Fsp3) is 0.789. The van der Waals surface area contributed by atoms with Gasteiger partial charge in [0, 0.05) is 32.5 Å². The molecule has 0 radical (unpaired) electrons. The van der Waals surface area contributed by atoms with Crippen LogP contribution in [0.25, 0.3) is 0 Å². The van der Waals surface area contributed by atoms with Crippen LogP contribution in [0.4, 0.5) is 0 Å². The molecule has 10 nitrogen and oxygen atoms in total. The third-order valence-corrected chi connectivity index (χ3v) is 12.9. The largest absolute Gasteiger partial charge is 0.408 e.